The van der Waals surface area contributed by atoms with E-state index < -0.39 is 11.7 Å². The van der Waals surface area contributed by atoms with Crippen molar-refractivity contribution in [3.63, 3.8) is 0 Å². The van der Waals surface area contributed by atoms with Gasteiger partial charge in [-0.2, -0.15) is 4.80 Å². The van der Waals surface area contributed by atoms with Gasteiger partial charge < -0.3 is 19.5 Å². The summed E-state index contributed by atoms with van der Waals surface area (Å²) in [5.41, 5.74) is 0.290. The zero-order valence-corrected chi connectivity index (χ0v) is 16.3. The van der Waals surface area contributed by atoms with E-state index in [0.717, 1.165) is 0 Å². The second kappa shape index (κ2) is 7.91. The van der Waals surface area contributed by atoms with E-state index >= 15 is 0 Å². The maximum atomic E-state index is 12.7. The van der Waals surface area contributed by atoms with Crippen molar-refractivity contribution in [1.82, 2.24) is 29.8 Å². The van der Waals surface area contributed by atoms with Gasteiger partial charge in [0, 0.05) is 7.05 Å². The Labute approximate surface area is 170 Å². The average Bonchev–Trinajstić information content (AvgIpc) is 3.19. The summed E-state index contributed by atoms with van der Waals surface area (Å²) in [5, 5.41) is 22.4. The van der Waals surface area contributed by atoms with E-state index in [-0.39, 0.29) is 43.0 Å². The molecule has 1 atom stereocenters. The van der Waals surface area contributed by atoms with Gasteiger partial charge in [0.05, 0.1) is 20.2 Å². The summed E-state index contributed by atoms with van der Waals surface area (Å²) < 4.78 is 11.6. The van der Waals surface area contributed by atoms with Crippen LogP contribution in [0.15, 0.2) is 35.4 Å². The van der Waals surface area contributed by atoms with Gasteiger partial charge in [0.25, 0.3) is 11.5 Å². The number of methoxy groups -OCH3 is 1. The van der Waals surface area contributed by atoms with Crippen molar-refractivity contribution >= 4 is 11.6 Å². The van der Waals surface area contributed by atoms with Crippen molar-refractivity contribution in [3.05, 3.63) is 52.3 Å². The first-order valence-corrected chi connectivity index (χ1v) is 9.03. The zero-order chi connectivity index (χ0) is 21.3. The highest BCUT2D eigenvalue weighted by Crippen LogP contribution is 2.24. The smallest absolute Gasteiger partial charge is 0.281 e. The molecule has 0 unspecified atom stereocenters. The first kappa shape index (κ1) is 19.5. The van der Waals surface area contributed by atoms with Crippen molar-refractivity contribution < 1.29 is 19.4 Å². The molecule has 0 radical (unpaired) electrons. The maximum absolute atomic E-state index is 12.7. The minimum absolute atomic E-state index is 0.000223. The number of fused-ring (bicyclic) bond motifs is 1. The van der Waals surface area contributed by atoms with E-state index in [2.05, 4.69) is 20.4 Å². The molecule has 156 valence electrons. The van der Waals surface area contributed by atoms with E-state index in [1.807, 2.05) is 0 Å². The zero-order valence-electron chi connectivity index (χ0n) is 16.3. The van der Waals surface area contributed by atoms with E-state index in [4.69, 9.17) is 9.47 Å². The van der Waals surface area contributed by atoms with Crippen molar-refractivity contribution in [1.29, 1.82) is 0 Å². The van der Waals surface area contributed by atoms with Crippen LogP contribution in [0, 0.1) is 0 Å². The highest BCUT2D eigenvalue weighted by molar-refractivity contribution is 5.96. The number of carbonyl (C=O) groups is 1. The molecular formula is C18H19N7O5. The van der Waals surface area contributed by atoms with Gasteiger partial charge in [-0.3, -0.25) is 14.2 Å². The Morgan fingerprint density at radius 3 is 2.77 bits per heavy atom. The number of hydrogen-bond acceptors (Lipinski definition) is 9. The van der Waals surface area contributed by atoms with Gasteiger partial charge in [-0.05, 0) is 22.9 Å². The number of aromatic nitrogens is 6. The Balaban J connectivity index is 1.48. The number of ether oxygens (including phenoxy) is 2. The lowest BCUT2D eigenvalue weighted by Gasteiger charge is -2.24. The van der Waals surface area contributed by atoms with Gasteiger partial charge in [0.2, 0.25) is 5.88 Å². The van der Waals surface area contributed by atoms with E-state index in [1.54, 1.807) is 31.4 Å². The van der Waals surface area contributed by atoms with Gasteiger partial charge in [0.15, 0.2) is 18.1 Å². The number of aliphatic hydroxyl groups is 1. The van der Waals surface area contributed by atoms with E-state index in [0.29, 0.717) is 11.3 Å². The van der Waals surface area contributed by atoms with Crippen molar-refractivity contribution in [3.8, 4) is 11.6 Å². The van der Waals surface area contributed by atoms with Crippen LogP contribution in [0.4, 0.5) is 5.69 Å². The Hall–Kier alpha value is -3.80. The molecule has 4 rings (SSSR count). The molecule has 1 aliphatic rings. The first-order chi connectivity index (χ1) is 14.5. The number of benzene rings is 1. The minimum atomic E-state index is -0.845. The molecule has 1 amide bonds. The predicted octanol–water partition coefficient (Wildman–Crippen LogP) is -0.624. The Kier molecular flexibility index (Phi) is 5.14. The minimum Gasteiger partial charge on any atom is -0.497 e. The van der Waals surface area contributed by atoms with E-state index in [9.17, 15) is 14.7 Å². The molecule has 12 nitrogen and oxygen atoms in total. The molecule has 3 heterocycles. The fourth-order valence-electron chi connectivity index (χ4n) is 2.98. The Morgan fingerprint density at radius 2 is 2.03 bits per heavy atom. The molecule has 1 aliphatic heterocycles. The molecule has 12 heteroatoms. The second-order valence-electron chi connectivity index (χ2n) is 6.62. The van der Waals surface area contributed by atoms with Crippen LogP contribution in [-0.2, 0) is 17.9 Å². The molecule has 1 aromatic carbocycles. The summed E-state index contributed by atoms with van der Waals surface area (Å²) in [5.74, 6) is 0.716. The highest BCUT2D eigenvalue weighted by atomic mass is 16.5. The molecule has 30 heavy (non-hydrogen) atoms. The van der Waals surface area contributed by atoms with Crippen molar-refractivity contribution in [2.45, 2.75) is 19.2 Å². The van der Waals surface area contributed by atoms with Crippen LogP contribution >= 0.6 is 0 Å². The summed E-state index contributed by atoms with van der Waals surface area (Å²) in [6.45, 7) is -0.0755. The van der Waals surface area contributed by atoms with E-state index in [1.165, 1.54) is 27.6 Å². The maximum Gasteiger partial charge on any atom is 0.281 e. The van der Waals surface area contributed by atoms with Crippen LogP contribution in [0.2, 0.25) is 0 Å². The topological polar surface area (TPSA) is 137 Å². The third kappa shape index (κ3) is 3.72. The van der Waals surface area contributed by atoms with Crippen molar-refractivity contribution in [2.24, 2.45) is 0 Å². The lowest BCUT2D eigenvalue weighted by Crippen LogP contribution is -2.41. The third-order valence-corrected chi connectivity index (χ3v) is 4.67. The standard InChI is InChI=1S/C18H19N7O5/c1-23-15(27)9-30-17-16(23)18(28)24(10-19-17)8-14-20-22-25(21-14)7-13(26)11-3-5-12(29-2)6-4-11/h3-6,10,13,26H,7-9H2,1-2H3/t13-/m0/s1. The van der Waals surface area contributed by atoms with Gasteiger partial charge in [0.1, 0.15) is 18.2 Å². The lowest BCUT2D eigenvalue weighted by atomic mass is 10.1. The number of hydrogen-bond donors (Lipinski definition) is 1. The quantitative estimate of drug-likeness (QED) is 0.560. The van der Waals surface area contributed by atoms with Gasteiger partial charge in [-0.25, -0.2) is 4.98 Å². The summed E-state index contributed by atoms with van der Waals surface area (Å²) in [6.07, 6.45) is 0.459. The number of amides is 1. The molecule has 0 spiro atoms. The fraction of sp³-hybridized carbons (Fsp3) is 0.333. The lowest BCUT2D eigenvalue weighted by molar-refractivity contribution is -0.121. The summed E-state index contributed by atoms with van der Waals surface area (Å²) in [6, 6.07) is 7.00. The third-order valence-electron chi connectivity index (χ3n) is 4.67. The molecule has 0 saturated heterocycles. The number of tetrazole rings is 1. The summed E-state index contributed by atoms with van der Waals surface area (Å²) in [4.78, 5) is 31.1. The van der Waals surface area contributed by atoms with Crippen molar-refractivity contribution in [2.75, 3.05) is 25.7 Å². The number of nitrogens with zero attached hydrogens (tertiary/aromatic N) is 7. The Bertz CT molecular complexity index is 1120. The van der Waals surface area contributed by atoms with Crippen LogP contribution < -0.4 is 19.9 Å². The first-order valence-electron chi connectivity index (χ1n) is 9.03. The fourth-order valence-corrected chi connectivity index (χ4v) is 2.98. The number of anilines is 1. The number of likely N-dealkylation sites (N-methyl/N-ethyl adjacent to an activating group) is 1. The van der Waals surface area contributed by atoms with Gasteiger partial charge in [-0.1, -0.05) is 12.1 Å². The van der Waals surface area contributed by atoms with Crippen LogP contribution in [0.25, 0.3) is 0 Å². The summed E-state index contributed by atoms with van der Waals surface area (Å²) >= 11 is 0. The molecule has 0 bridgehead atoms. The molecular weight excluding hydrogens is 394 g/mol. The number of carbonyl (C=O) groups excluding carboxylic acids is 1. The molecule has 1 N–H and O–H groups in total. The molecule has 0 fully saturated rings. The SMILES string of the molecule is COc1ccc([C@@H](O)Cn2nnc(Cn3cnc4c(c3=O)N(C)C(=O)CO4)n2)cc1. The van der Waals surface area contributed by atoms with Crippen LogP contribution in [0.5, 0.6) is 11.6 Å². The molecule has 3 aromatic rings. The van der Waals surface area contributed by atoms with Gasteiger partial charge in [-0.15, -0.1) is 10.2 Å². The predicted molar refractivity (Wildman–Crippen MR) is 102 cm³/mol. The van der Waals surface area contributed by atoms with Gasteiger partial charge >= 0.3 is 0 Å². The number of rotatable bonds is 6. The molecule has 0 saturated carbocycles. The van der Waals surface area contributed by atoms with Crippen LogP contribution in [0.3, 0.4) is 0 Å². The second-order valence-corrected chi connectivity index (χ2v) is 6.62. The largest absolute Gasteiger partial charge is 0.497 e. The van der Waals surface area contributed by atoms with Crippen LogP contribution in [-0.4, -0.2) is 61.5 Å². The summed E-state index contributed by atoms with van der Waals surface area (Å²) in [7, 11) is 3.06. The normalized spacial score (nSPS) is 14.2. The van der Waals surface area contributed by atoms with Crippen LogP contribution in [0.1, 0.15) is 17.5 Å². The average molecular weight is 413 g/mol. The highest BCUT2D eigenvalue weighted by Gasteiger charge is 2.27. The number of aliphatic hydroxyl groups excluding tert-OH is 1. The molecule has 2 aromatic heterocycles. The monoisotopic (exact) mass is 413 g/mol. The Morgan fingerprint density at radius 1 is 1.27 bits per heavy atom. The molecule has 0 aliphatic carbocycles.